The monoisotopic (exact) mass is 271 g/mol. The molecule has 18 heavy (non-hydrogen) atoms. The molecule has 0 aliphatic rings. The third-order valence-corrected chi connectivity index (χ3v) is 2.85. The van der Waals surface area contributed by atoms with Crippen molar-refractivity contribution in [2.24, 2.45) is 5.73 Å². The van der Waals surface area contributed by atoms with Gasteiger partial charge >= 0.3 is 0 Å². The Morgan fingerprint density at radius 2 is 2.00 bits per heavy atom. The summed E-state index contributed by atoms with van der Waals surface area (Å²) in [5, 5.41) is 0.653. The van der Waals surface area contributed by atoms with Gasteiger partial charge in [-0.15, -0.1) is 0 Å². The van der Waals surface area contributed by atoms with Crippen LogP contribution in [0.25, 0.3) is 0 Å². The van der Waals surface area contributed by atoms with E-state index in [0.717, 1.165) is 37.2 Å². The first-order valence-corrected chi connectivity index (χ1v) is 6.67. The van der Waals surface area contributed by atoms with Crippen molar-refractivity contribution in [3.05, 3.63) is 28.8 Å². The van der Waals surface area contributed by atoms with Crippen molar-refractivity contribution in [2.45, 2.75) is 32.2 Å². The van der Waals surface area contributed by atoms with Crippen LogP contribution in [0, 0.1) is 0 Å². The molecule has 0 saturated heterocycles. The molecule has 0 aliphatic carbocycles. The Balaban J connectivity index is 2.42. The molecule has 0 saturated carbocycles. The predicted octanol–water partition coefficient (Wildman–Crippen LogP) is 3.04. The number of benzene rings is 1. The van der Waals surface area contributed by atoms with E-state index < -0.39 is 0 Å². The van der Waals surface area contributed by atoms with E-state index in [4.69, 9.17) is 26.8 Å². The largest absolute Gasteiger partial charge is 0.492 e. The van der Waals surface area contributed by atoms with Crippen molar-refractivity contribution < 1.29 is 9.47 Å². The molecule has 1 unspecified atom stereocenters. The number of unbranched alkanes of at least 4 members (excludes halogenated alkanes) is 1. The predicted molar refractivity (Wildman–Crippen MR) is 75.4 cm³/mol. The molecule has 0 amide bonds. The molecule has 3 nitrogen and oxygen atoms in total. The minimum Gasteiger partial charge on any atom is -0.492 e. The van der Waals surface area contributed by atoms with E-state index in [2.05, 4.69) is 0 Å². The first-order valence-electron chi connectivity index (χ1n) is 6.29. The molecule has 1 rings (SSSR count). The molecule has 2 N–H and O–H groups in total. The van der Waals surface area contributed by atoms with Gasteiger partial charge in [-0.3, -0.25) is 0 Å². The van der Waals surface area contributed by atoms with Crippen molar-refractivity contribution in [2.75, 3.05) is 20.3 Å². The lowest BCUT2D eigenvalue weighted by Gasteiger charge is -2.10. The molecule has 0 aliphatic heterocycles. The van der Waals surface area contributed by atoms with Crippen molar-refractivity contribution >= 4 is 11.6 Å². The third-order valence-electron chi connectivity index (χ3n) is 2.55. The average molecular weight is 272 g/mol. The second kappa shape index (κ2) is 8.35. The Bertz CT molecular complexity index is 356. The zero-order chi connectivity index (χ0) is 13.4. The fraction of sp³-hybridized carbons (Fsp3) is 0.571. The van der Waals surface area contributed by atoms with Crippen LogP contribution in [0.15, 0.2) is 18.2 Å². The number of nitrogens with two attached hydrogens (primary N) is 1. The highest BCUT2D eigenvalue weighted by Crippen LogP contribution is 2.26. The van der Waals surface area contributed by atoms with E-state index >= 15 is 0 Å². The number of rotatable bonds is 8. The first-order chi connectivity index (χ1) is 8.63. The smallest absolute Gasteiger partial charge is 0.137 e. The lowest BCUT2D eigenvalue weighted by molar-refractivity contribution is 0.184. The van der Waals surface area contributed by atoms with Gasteiger partial charge < -0.3 is 15.2 Å². The maximum absolute atomic E-state index is 6.16. The third kappa shape index (κ3) is 5.71. The molecule has 0 heterocycles. The number of halogens is 1. The quantitative estimate of drug-likeness (QED) is 0.739. The van der Waals surface area contributed by atoms with Crippen LogP contribution < -0.4 is 10.5 Å². The summed E-state index contributed by atoms with van der Waals surface area (Å²) in [6.07, 6.45) is 2.79. The number of hydrogen-bond donors (Lipinski definition) is 1. The van der Waals surface area contributed by atoms with Crippen LogP contribution in [-0.2, 0) is 11.2 Å². The number of methoxy groups -OCH3 is 1. The minimum absolute atomic E-state index is 0.141. The summed E-state index contributed by atoms with van der Waals surface area (Å²) >= 11 is 6.16. The lowest BCUT2D eigenvalue weighted by Crippen LogP contribution is -2.17. The summed E-state index contributed by atoms with van der Waals surface area (Å²) in [5.41, 5.74) is 6.89. The van der Waals surface area contributed by atoms with E-state index in [0.29, 0.717) is 11.6 Å². The Kier molecular flexibility index (Phi) is 7.09. The topological polar surface area (TPSA) is 44.5 Å². The standard InChI is InChI=1S/C14H22ClNO2/c1-11(16)9-12-5-6-14(13(15)10-12)18-8-4-3-7-17-2/h5-6,10-11H,3-4,7-9,16H2,1-2H3. The zero-order valence-electron chi connectivity index (χ0n) is 11.1. The molecule has 1 aromatic carbocycles. The van der Waals surface area contributed by atoms with Crippen molar-refractivity contribution in [1.82, 2.24) is 0 Å². The molecule has 0 aromatic heterocycles. The van der Waals surface area contributed by atoms with Crippen molar-refractivity contribution in [1.29, 1.82) is 0 Å². The fourth-order valence-corrected chi connectivity index (χ4v) is 1.95. The lowest BCUT2D eigenvalue weighted by atomic mass is 10.1. The minimum atomic E-state index is 0.141. The molecule has 1 aromatic rings. The maximum Gasteiger partial charge on any atom is 0.137 e. The van der Waals surface area contributed by atoms with Crippen LogP contribution in [-0.4, -0.2) is 26.4 Å². The van der Waals surface area contributed by atoms with Gasteiger partial charge in [-0.2, -0.15) is 0 Å². The molecule has 1 atom stereocenters. The maximum atomic E-state index is 6.16. The molecular weight excluding hydrogens is 250 g/mol. The van der Waals surface area contributed by atoms with E-state index in [1.54, 1.807) is 7.11 Å². The van der Waals surface area contributed by atoms with Gasteiger partial charge in [-0.25, -0.2) is 0 Å². The molecular formula is C14H22ClNO2. The van der Waals surface area contributed by atoms with Gasteiger partial charge in [-0.1, -0.05) is 17.7 Å². The molecule has 0 spiro atoms. The first kappa shape index (κ1) is 15.3. The van der Waals surface area contributed by atoms with E-state index in [9.17, 15) is 0 Å². The van der Waals surface area contributed by atoms with Crippen LogP contribution in [0.2, 0.25) is 5.02 Å². The van der Waals surface area contributed by atoms with Crippen LogP contribution in [0.4, 0.5) is 0 Å². The highest BCUT2D eigenvalue weighted by Gasteiger charge is 2.04. The van der Waals surface area contributed by atoms with Gasteiger partial charge in [0.15, 0.2) is 0 Å². The number of hydrogen-bond acceptors (Lipinski definition) is 3. The molecule has 0 fully saturated rings. The van der Waals surface area contributed by atoms with Crippen molar-refractivity contribution in [3.63, 3.8) is 0 Å². The Hall–Kier alpha value is -0.770. The van der Waals surface area contributed by atoms with Gasteiger partial charge in [0.1, 0.15) is 5.75 Å². The average Bonchev–Trinajstić information content (AvgIpc) is 2.30. The second-order valence-electron chi connectivity index (χ2n) is 4.49. The summed E-state index contributed by atoms with van der Waals surface area (Å²) in [7, 11) is 1.70. The van der Waals surface area contributed by atoms with E-state index in [1.807, 2.05) is 25.1 Å². The van der Waals surface area contributed by atoms with Crippen LogP contribution >= 0.6 is 11.6 Å². The Morgan fingerprint density at radius 1 is 1.28 bits per heavy atom. The molecule has 0 bridgehead atoms. The number of ether oxygens (including phenoxy) is 2. The SMILES string of the molecule is COCCCCOc1ccc(CC(C)N)cc1Cl. The van der Waals surface area contributed by atoms with Crippen LogP contribution in [0.5, 0.6) is 5.75 Å². The summed E-state index contributed by atoms with van der Waals surface area (Å²) in [5.74, 6) is 0.738. The van der Waals surface area contributed by atoms with E-state index in [1.165, 1.54) is 0 Å². The normalized spacial score (nSPS) is 12.4. The van der Waals surface area contributed by atoms with Crippen molar-refractivity contribution in [3.8, 4) is 5.75 Å². The Labute approximate surface area is 114 Å². The van der Waals surface area contributed by atoms with Gasteiger partial charge in [-0.05, 0) is 43.9 Å². The highest BCUT2D eigenvalue weighted by molar-refractivity contribution is 6.32. The zero-order valence-corrected chi connectivity index (χ0v) is 11.9. The Morgan fingerprint density at radius 3 is 2.61 bits per heavy atom. The molecule has 4 heteroatoms. The summed E-state index contributed by atoms with van der Waals surface area (Å²) in [4.78, 5) is 0. The molecule has 102 valence electrons. The summed E-state index contributed by atoms with van der Waals surface area (Å²) in [6.45, 7) is 3.41. The highest BCUT2D eigenvalue weighted by atomic mass is 35.5. The van der Waals surface area contributed by atoms with E-state index in [-0.39, 0.29) is 6.04 Å². The molecule has 0 radical (unpaired) electrons. The van der Waals surface area contributed by atoms with Gasteiger partial charge in [0.2, 0.25) is 0 Å². The van der Waals surface area contributed by atoms with Crippen LogP contribution in [0.3, 0.4) is 0 Å². The van der Waals surface area contributed by atoms with Gasteiger partial charge in [0.25, 0.3) is 0 Å². The van der Waals surface area contributed by atoms with Gasteiger partial charge in [0.05, 0.1) is 11.6 Å². The summed E-state index contributed by atoms with van der Waals surface area (Å²) < 4.78 is 10.6. The second-order valence-corrected chi connectivity index (χ2v) is 4.90. The van der Waals surface area contributed by atoms with Gasteiger partial charge in [0, 0.05) is 19.8 Å². The summed E-state index contributed by atoms with van der Waals surface area (Å²) in [6, 6.07) is 5.99. The van der Waals surface area contributed by atoms with Crippen LogP contribution in [0.1, 0.15) is 25.3 Å². The fourth-order valence-electron chi connectivity index (χ4n) is 1.69.